The van der Waals surface area contributed by atoms with Gasteiger partial charge in [0.25, 0.3) is 0 Å². The molecule has 1 aromatic rings. The van der Waals surface area contributed by atoms with Crippen LogP contribution in [0.4, 0.5) is 4.39 Å². The molecule has 0 aliphatic heterocycles. The number of rotatable bonds is 5. The first-order chi connectivity index (χ1) is 8.00. The van der Waals surface area contributed by atoms with E-state index in [0.717, 1.165) is 6.07 Å². The fourth-order valence-electron chi connectivity index (χ4n) is 1.38. The molecule has 0 radical (unpaired) electrons. The van der Waals surface area contributed by atoms with Crippen LogP contribution < -0.4 is 0 Å². The van der Waals surface area contributed by atoms with E-state index in [1.54, 1.807) is 6.92 Å². The van der Waals surface area contributed by atoms with Crippen molar-refractivity contribution in [2.24, 2.45) is 0 Å². The van der Waals surface area contributed by atoms with E-state index in [2.05, 4.69) is 0 Å². The van der Waals surface area contributed by atoms with Crippen molar-refractivity contribution in [3.05, 3.63) is 35.1 Å². The van der Waals surface area contributed by atoms with Gasteiger partial charge in [-0.05, 0) is 38.0 Å². The summed E-state index contributed by atoms with van der Waals surface area (Å²) < 4.78 is 17.9. The summed E-state index contributed by atoms with van der Waals surface area (Å²) >= 11 is 0. The van der Waals surface area contributed by atoms with Gasteiger partial charge in [0.2, 0.25) is 0 Å². The van der Waals surface area contributed by atoms with E-state index >= 15 is 0 Å². The van der Waals surface area contributed by atoms with Crippen LogP contribution in [0.5, 0.6) is 0 Å². The van der Waals surface area contributed by atoms with Crippen molar-refractivity contribution in [2.75, 3.05) is 6.61 Å². The van der Waals surface area contributed by atoms with Gasteiger partial charge in [-0.25, -0.2) is 9.18 Å². The topological polar surface area (TPSA) is 43.4 Å². The van der Waals surface area contributed by atoms with Crippen LogP contribution in [0.15, 0.2) is 18.2 Å². The highest BCUT2D eigenvalue weighted by molar-refractivity contribution is 5.91. The van der Waals surface area contributed by atoms with Crippen molar-refractivity contribution in [1.29, 1.82) is 0 Å². The number of ketones is 1. The van der Waals surface area contributed by atoms with Crippen molar-refractivity contribution < 1.29 is 18.7 Å². The molecule has 1 aromatic carbocycles. The lowest BCUT2D eigenvalue weighted by Crippen LogP contribution is -2.09. The number of aryl methyl sites for hydroxylation is 1. The second kappa shape index (κ2) is 6.13. The first-order valence-electron chi connectivity index (χ1n) is 5.43. The summed E-state index contributed by atoms with van der Waals surface area (Å²) in [7, 11) is 0. The molecular weight excluding hydrogens is 223 g/mol. The van der Waals surface area contributed by atoms with Gasteiger partial charge in [-0.1, -0.05) is 6.07 Å². The fourth-order valence-corrected chi connectivity index (χ4v) is 1.38. The number of Topliss-reactive ketones (excluding diaryl/α,β-unsaturated/α-hetero) is 1. The summed E-state index contributed by atoms with van der Waals surface area (Å²) in [5, 5.41) is 0. The number of hydrogen-bond acceptors (Lipinski definition) is 3. The Morgan fingerprint density at radius 1 is 1.35 bits per heavy atom. The molecule has 0 aromatic heterocycles. The van der Waals surface area contributed by atoms with Gasteiger partial charge in [0.15, 0.2) is 0 Å². The monoisotopic (exact) mass is 238 g/mol. The van der Waals surface area contributed by atoms with E-state index in [0.29, 0.717) is 18.4 Å². The lowest BCUT2D eigenvalue weighted by molar-refractivity contribution is -0.117. The number of benzene rings is 1. The molecule has 0 atom stereocenters. The minimum Gasteiger partial charge on any atom is -0.462 e. The Balaban J connectivity index is 2.52. The summed E-state index contributed by atoms with van der Waals surface area (Å²) in [5.41, 5.74) is 0.899. The molecule has 17 heavy (non-hydrogen) atoms. The third-order valence-electron chi connectivity index (χ3n) is 2.33. The van der Waals surface area contributed by atoms with Crippen molar-refractivity contribution >= 4 is 11.8 Å². The predicted octanol–water partition coefficient (Wildman–Crippen LogP) is 2.66. The number of carbonyl (C=O) groups is 2. The van der Waals surface area contributed by atoms with Gasteiger partial charge in [0.05, 0.1) is 12.2 Å². The lowest BCUT2D eigenvalue weighted by atomic mass is 10.1. The molecule has 0 unspecified atom stereocenters. The highest BCUT2D eigenvalue weighted by Gasteiger charge is 2.11. The fraction of sp³-hybridized carbons (Fsp3) is 0.385. The molecule has 0 spiro atoms. The Hall–Kier alpha value is -1.71. The first-order valence-corrected chi connectivity index (χ1v) is 5.43. The average Bonchev–Trinajstić information content (AvgIpc) is 2.27. The van der Waals surface area contributed by atoms with Gasteiger partial charge in [0, 0.05) is 6.42 Å². The Labute approximate surface area is 99.6 Å². The molecule has 0 heterocycles. The molecule has 1 rings (SSSR count). The first kappa shape index (κ1) is 13.4. The van der Waals surface area contributed by atoms with Crippen LogP contribution in [-0.4, -0.2) is 18.4 Å². The largest absolute Gasteiger partial charge is 0.462 e. The third-order valence-corrected chi connectivity index (χ3v) is 2.33. The van der Waals surface area contributed by atoms with Crippen LogP contribution >= 0.6 is 0 Å². The zero-order valence-electron chi connectivity index (χ0n) is 9.96. The molecule has 4 heteroatoms. The molecule has 0 aliphatic rings. The van der Waals surface area contributed by atoms with Crippen LogP contribution in [-0.2, 0) is 9.53 Å². The zero-order valence-corrected chi connectivity index (χ0v) is 9.96. The summed E-state index contributed by atoms with van der Waals surface area (Å²) in [5.74, 6) is -0.958. The van der Waals surface area contributed by atoms with E-state index in [1.165, 1.54) is 19.1 Å². The van der Waals surface area contributed by atoms with Crippen LogP contribution in [0.25, 0.3) is 0 Å². The lowest BCUT2D eigenvalue weighted by Gasteiger charge is -2.06. The van der Waals surface area contributed by atoms with Gasteiger partial charge in [-0.15, -0.1) is 0 Å². The van der Waals surface area contributed by atoms with Crippen molar-refractivity contribution in [3.8, 4) is 0 Å². The third kappa shape index (κ3) is 4.34. The Morgan fingerprint density at radius 3 is 2.71 bits per heavy atom. The summed E-state index contributed by atoms with van der Waals surface area (Å²) in [4.78, 5) is 22.3. The highest BCUT2D eigenvalue weighted by atomic mass is 19.1. The van der Waals surface area contributed by atoms with Gasteiger partial charge >= 0.3 is 5.97 Å². The van der Waals surface area contributed by atoms with E-state index in [-0.39, 0.29) is 18.0 Å². The van der Waals surface area contributed by atoms with Crippen LogP contribution in [0, 0.1) is 12.7 Å². The molecule has 0 aliphatic carbocycles. The zero-order chi connectivity index (χ0) is 12.8. The molecular formula is C13H15FO3. The highest BCUT2D eigenvalue weighted by Crippen LogP contribution is 2.11. The van der Waals surface area contributed by atoms with Gasteiger partial charge < -0.3 is 9.53 Å². The Morgan fingerprint density at radius 2 is 2.06 bits per heavy atom. The van der Waals surface area contributed by atoms with E-state index < -0.39 is 11.8 Å². The smallest absolute Gasteiger partial charge is 0.338 e. The molecule has 0 amide bonds. The Kier molecular flexibility index (Phi) is 4.82. The molecule has 92 valence electrons. The molecule has 0 N–H and O–H groups in total. The minimum atomic E-state index is -0.550. The van der Waals surface area contributed by atoms with E-state index in [1.807, 2.05) is 0 Å². The molecule has 0 saturated carbocycles. The summed E-state index contributed by atoms with van der Waals surface area (Å²) in [6.45, 7) is 3.37. The SMILES string of the molecule is CC(=O)CCCOC(=O)c1cc(F)ccc1C. The van der Waals surface area contributed by atoms with Crippen molar-refractivity contribution in [3.63, 3.8) is 0 Å². The number of carbonyl (C=O) groups excluding carboxylic acids is 2. The van der Waals surface area contributed by atoms with E-state index in [9.17, 15) is 14.0 Å². The van der Waals surface area contributed by atoms with Gasteiger partial charge in [-0.3, -0.25) is 0 Å². The summed E-state index contributed by atoms with van der Waals surface area (Å²) in [6.07, 6.45) is 0.880. The molecule has 0 saturated heterocycles. The number of halogens is 1. The van der Waals surface area contributed by atoms with Crippen molar-refractivity contribution in [1.82, 2.24) is 0 Å². The quantitative estimate of drug-likeness (QED) is 0.585. The Bertz CT molecular complexity index is 427. The number of hydrogen-bond donors (Lipinski definition) is 0. The number of ether oxygens (including phenoxy) is 1. The molecule has 3 nitrogen and oxygen atoms in total. The van der Waals surface area contributed by atoms with E-state index in [4.69, 9.17) is 4.74 Å². The predicted molar refractivity (Wildman–Crippen MR) is 61.3 cm³/mol. The second-order valence-electron chi connectivity index (χ2n) is 3.90. The number of esters is 1. The van der Waals surface area contributed by atoms with Crippen LogP contribution in [0.2, 0.25) is 0 Å². The standard InChI is InChI=1S/C13H15FO3/c1-9-5-6-11(14)8-12(9)13(16)17-7-3-4-10(2)15/h5-6,8H,3-4,7H2,1-2H3. The maximum absolute atomic E-state index is 12.9. The van der Waals surface area contributed by atoms with Crippen LogP contribution in [0.3, 0.4) is 0 Å². The van der Waals surface area contributed by atoms with Gasteiger partial charge in [0.1, 0.15) is 11.6 Å². The summed E-state index contributed by atoms with van der Waals surface area (Å²) in [6, 6.07) is 3.98. The van der Waals surface area contributed by atoms with Crippen LogP contribution in [0.1, 0.15) is 35.7 Å². The van der Waals surface area contributed by atoms with Crippen molar-refractivity contribution in [2.45, 2.75) is 26.7 Å². The van der Waals surface area contributed by atoms with Gasteiger partial charge in [-0.2, -0.15) is 0 Å². The average molecular weight is 238 g/mol. The minimum absolute atomic E-state index is 0.0583. The maximum Gasteiger partial charge on any atom is 0.338 e. The second-order valence-corrected chi connectivity index (χ2v) is 3.90. The normalized spacial score (nSPS) is 10.1. The molecule has 0 fully saturated rings. The maximum atomic E-state index is 12.9. The molecule has 0 bridgehead atoms.